The van der Waals surface area contributed by atoms with Crippen molar-refractivity contribution in [3.63, 3.8) is 0 Å². The second-order valence-corrected chi connectivity index (χ2v) is 4.30. The van der Waals surface area contributed by atoms with Crippen LogP contribution in [0.1, 0.15) is 6.42 Å². The summed E-state index contributed by atoms with van der Waals surface area (Å²) in [6.45, 7) is 1.25. The molecule has 4 nitrogen and oxygen atoms in total. The highest BCUT2D eigenvalue weighted by atomic mass is 79.9. The van der Waals surface area contributed by atoms with Crippen LogP contribution in [0.25, 0.3) is 0 Å². The molecule has 0 radical (unpaired) electrons. The van der Waals surface area contributed by atoms with E-state index in [0.717, 1.165) is 6.54 Å². The van der Waals surface area contributed by atoms with Crippen molar-refractivity contribution in [2.75, 3.05) is 27.3 Å². The standard InChI is InChI=1S/C8H14BrNO3/c1-12-8(13-2)5-10-4-6(9)3-7(10)11/h6,8H,3-5H2,1-2H3. The lowest BCUT2D eigenvalue weighted by Crippen LogP contribution is -2.35. The van der Waals surface area contributed by atoms with Crippen molar-refractivity contribution in [1.82, 2.24) is 4.90 Å². The third-order valence-corrected chi connectivity index (χ3v) is 2.68. The molecule has 1 aliphatic rings. The Morgan fingerprint density at radius 1 is 1.62 bits per heavy atom. The van der Waals surface area contributed by atoms with Crippen molar-refractivity contribution in [3.05, 3.63) is 0 Å². The zero-order valence-corrected chi connectivity index (χ0v) is 9.41. The maximum atomic E-state index is 11.3. The third kappa shape index (κ3) is 2.93. The van der Waals surface area contributed by atoms with E-state index in [0.29, 0.717) is 13.0 Å². The number of carbonyl (C=O) groups is 1. The van der Waals surface area contributed by atoms with Crippen molar-refractivity contribution in [2.45, 2.75) is 17.5 Å². The fourth-order valence-electron chi connectivity index (χ4n) is 1.33. The molecule has 1 fully saturated rings. The Labute approximate surface area is 86.3 Å². The summed E-state index contributed by atoms with van der Waals surface area (Å²) in [6, 6.07) is 0. The Morgan fingerprint density at radius 3 is 2.62 bits per heavy atom. The minimum absolute atomic E-state index is 0.154. The predicted molar refractivity (Wildman–Crippen MR) is 51.7 cm³/mol. The summed E-state index contributed by atoms with van der Waals surface area (Å²) in [5.74, 6) is 0.154. The van der Waals surface area contributed by atoms with Gasteiger partial charge in [-0.3, -0.25) is 4.79 Å². The second-order valence-electron chi connectivity index (χ2n) is 3.00. The molecule has 1 heterocycles. The van der Waals surface area contributed by atoms with Gasteiger partial charge in [-0.05, 0) is 0 Å². The molecule has 1 saturated heterocycles. The molecule has 1 amide bonds. The van der Waals surface area contributed by atoms with Crippen LogP contribution in [-0.4, -0.2) is 49.2 Å². The van der Waals surface area contributed by atoms with Crippen LogP contribution in [0.15, 0.2) is 0 Å². The Balaban J connectivity index is 2.40. The van der Waals surface area contributed by atoms with Crippen LogP contribution in [0.4, 0.5) is 0 Å². The maximum absolute atomic E-state index is 11.3. The highest BCUT2D eigenvalue weighted by Gasteiger charge is 2.29. The van der Waals surface area contributed by atoms with E-state index in [-0.39, 0.29) is 17.0 Å². The van der Waals surface area contributed by atoms with Crippen molar-refractivity contribution in [1.29, 1.82) is 0 Å². The van der Waals surface area contributed by atoms with Gasteiger partial charge in [0, 0.05) is 32.0 Å². The molecule has 0 aromatic heterocycles. The third-order valence-electron chi connectivity index (χ3n) is 2.06. The van der Waals surface area contributed by atoms with Crippen molar-refractivity contribution >= 4 is 21.8 Å². The first kappa shape index (κ1) is 10.9. The lowest BCUT2D eigenvalue weighted by molar-refractivity contribution is -0.141. The molecule has 0 aromatic carbocycles. The molecule has 0 N–H and O–H groups in total. The first-order chi connectivity index (χ1) is 6.17. The minimum Gasteiger partial charge on any atom is -0.354 e. The van der Waals surface area contributed by atoms with Gasteiger partial charge in [0.05, 0.1) is 6.54 Å². The highest BCUT2D eigenvalue weighted by molar-refractivity contribution is 9.09. The van der Waals surface area contributed by atoms with Gasteiger partial charge in [0.25, 0.3) is 0 Å². The summed E-state index contributed by atoms with van der Waals surface area (Å²) >= 11 is 3.41. The summed E-state index contributed by atoms with van der Waals surface area (Å²) in [4.78, 5) is 13.4. The molecule has 0 saturated carbocycles. The maximum Gasteiger partial charge on any atom is 0.223 e. The van der Waals surface area contributed by atoms with Gasteiger partial charge in [-0.1, -0.05) is 15.9 Å². The number of rotatable bonds is 4. The molecule has 0 bridgehead atoms. The number of likely N-dealkylation sites (tertiary alicyclic amines) is 1. The second kappa shape index (κ2) is 4.93. The lowest BCUT2D eigenvalue weighted by atomic mass is 10.4. The van der Waals surface area contributed by atoms with Crippen molar-refractivity contribution < 1.29 is 14.3 Å². The van der Waals surface area contributed by atoms with Crippen LogP contribution in [0.3, 0.4) is 0 Å². The van der Waals surface area contributed by atoms with E-state index in [2.05, 4.69) is 15.9 Å². The van der Waals surface area contributed by atoms with Gasteiger partial charge in [-0.25, -0.2) is 0 Å². The Bertz CT molecular complexity index is 184. The van der Waals surface area contributed by atoms with E-state index >= 15 is 0 Å². The zero-order valence-electron chi connectivity index (χ0n) is 7.83. The number of methoxy groups -OCH3 is 2. The number of nitrogens with zero attached hydrogens (tertiary/aromatic N) is 1. The predicted octanol–water partition coefficient (Wildman–Crippen LogP) is 0.601. The van der Waals surface area contributed by atoms with Gasteiger partial charge in [-0.15, -0.1) is 0 Å². The molecule has 1 atom stereocenters. The van der Waals surface area contributed by atoms with Gasteiger partial charge >= 0.3 is 0 Å². The van der Waals surface area contributed by atoms with E-state index in [9.17, 15) is 4.79 Å². The average Bonchev–Trinajstić information content (AvgIpc) is 2.41. The summed E-state index contributed by atoms with van der Waals surface area (Å²) < 4.78 is 10.0. The highest BCUT2D eigenvalue weighted by Crippen LogP contribution is 2.18. The molecule has 5 heteroatoms. The molecule has 76 valence electrons. The van der Waals surface area contributed by atoms with Crippen molar-refractivity contribution in [3.8, 4) is 0 Å². The van der Waals surface area contributed by atoms with E-state index in [4.69, 9.17) is 9.47 Å². The molecule has 1 rings (SSSR count). The SMILES string of the molecule is COC(CN1CC(Br)CC1=O)OC. The summed E-state index contributed by atoms with van der Waals surface area (Å²) in [5.41, 5.74) is 0. The normalized spacial score (nSPS) is 23.2. The molecule has 0 aliphatic carbocycles. The molecular weight excluding hydrogens is 238 g/mol. The average molecular weight is 252 g/mol. The largest absolute Gasteiger partial charge is 0.354 e. The number of hydrogen-bond donors (Lipinski definition) is 0. The molecule has 13 heavy (non-hydrogen) atoms. The van der Waals surface area contributed by atoms with Crippen LogP contribution in [0, 0.1) is 0 Å². The molecule has 0 spiro atoms. The Kier molecular flexibility index (Phi) is 4.15. The molecule has 1 unspecified atom stereocenters. The molecular formula is C8H14BrNO3. The number of carbonyl (C=O) groups excluding carboxylic acids is 1. The fraction of sp³-hybridized carbons (Fsp3) is 0.875. The number of amides is 1. The minimum atomic E-state index is -0.318. The first-order valence-electron chi connectivity index (χ1n) is 4.14. The molecule has 0 aromatic rings. The quantitative estimate of drug-likeness (QED) is 0.543. The van der Waals surface area contributed by atoms with Crippen LogP contribution in [0.5, 0.6) is 0 Å². The monoisotopic (exact) mass is 251 g/mol. The van der Waals surface area contributed by atoms with Crippen LogP contribution < -0.4 is 0 Å². The van der Waals surface area contributed by atoms with Crippen molar-refractivity contribution in [2.24, 2.45) is 0 Å². The van der Waals surface area contributed by atoms with Gasteiger partial charge in [-0.2, -0.15) is 0 Å². The summed E-state index contributed by atoms with van der Waals surface area (Å²) in [7, 11) is 3.14. The first-order valence-corrected chi connectivity index (χ1v) is 5.06. The van der Waals surface area contributed by atoms with Crippen LogP contribution >= 0.6 is 15.9 Å². The Hall–Kier alpha value is -0.130. The number of ether oxygens (including phenoxy) is 2. The van der Waals surface area contributed by atoms with Crippen LogP contribution in [-0.2, 0) is 14.3 Å². The van der Waals surface area contributed by atoms with Gasteiger partial charge < -0.3 is 14.4 Å². The number of alkyl halides is 1. The zero-order chi connectivity index (χ0) is 9.84. The van der Waals surface area contributed by atoms with Gasteiger partial charge in [0.2, 0.25) is 5.91 Å². The van der Waals surface area contributed by atoms with Crippen LogP contribution in [0.2, 0.25) is 0 Å². The lowest BCUT2D eigenvalue weighted by Gasteiger charge is -2.21. The smallest absolute Gasteiger partial charge is 0.223 e. The van der Waals surface area contributed by atoms with E-state index in [1.807, 2.05) is 0 Å². The van der Waals surface area contributed by atoms with E-state index < -0.39 is 0 Å². The fourth-order valence-corrected chi connectivity index (χ4v) is 1.95. The number of hydrogen-bond acceptors (Lipinski definition) is 3. The van der Waals surface area contributed by atoms with Gasteiger partial charge in [0.1, 0.15) is 0 Å². The molecule has 1 aliphatic heterocycles. The van der Waals surface area contributed by atoms with E-state index in [1.165, 1.54) is 0 Å². The summed E-state index contributed by atoms with van der Waals surface area (Å²) in [5, 5.41) is 0. The Morgan fingerprint density at radius 2 is 2.23 bits per heavy atom. The summed E-state index contributed by atoms with van der Waals surface area (Å²) in [6.07, 6.45) is 0.252. The number of halogens is 1. The van der Waals surface area contributed by atoms with Gasteiger partial charge in [0.15, 0.2) is 6.29 Å². The van der Waals surface area contributed by atoms with E-state index in [1.54, 1.807) is 19.1 Å². The topological polar surface area (TPSA) is 38.8 Å².